The summed E-state index contributed by atoms with van der Waals surface area (Å²) in [6.45, 7) is -0.121. The van der Waals surface area contributed by atoms with Crippen LogP contribution in [-0.4, -0.2) is 35.3 Å². The second kappa shape index (κ2) is 6.29. The fourth-order valence-corrected chi connectivity index (χ4v) is 1.12. The van der Waals surface area contributed by atoms with Crippen molar-refractivity contribution in [3.63, 3.8) is 0 Å². The lowest BCUT2D eigenvalue weighted by Crippen LogP contribution is -2.33. The van der Waals surface area contributed by atoms with Crippen LogP contribution in [0, 0.1) is 0 Å². The van der Waals surface area contributed by atoms with Gasteiger partial charge in [-0.15, -0.1) is 0 Å². The second-order valence-electron chi connectivity index (χ2n) is 3.14. The van der Waals surface area contributed by atoms with Crippen LogP contribution in [0.1, 0.15) is 5.56 Å². The molecule has 0 amide bonds. The Kier molecular flexibility index (Phi) is 4.97. The van der Waals surface area contributed by atoms with Gasteiger partial charge in [-0.25, -0.2) is 0 Å². The van der Waals surface area contributed by atoms with Gasteiger partial charge in [-0.05, 0) is 5.56 Å². The molecular weight excluding hydrogens is 196 g/mol. The Balaban J connectivity index is 2.44. The first-order valence-electron chi connectivity index (χ1n) is 4.67. The lowest BCUT2D eigenvalue weighted by molar-refractivity contribution is -0.127. The summed E-state index contributed by atoms with van der Waals surface area (Å²) in [6, 6.07) is 9.34. The van der Waals surface area contributed by atoms with Gasteiger partial charge >= 0.3 is 0 Å². The molecule has 0 unspecified atom stereocenters. The molecule has 0 fully saturated rings. The van der Waals surface area contributed by atoms with Crippen LogP contribution in [0.15, 0.2) is 30.3 Å². The van der Waals surface area contributed by atoms with E-state index in [1.807, 2.05) is 30.3 Å². The summed E-state index contributed by atoms with van der Waals surface area (Å²) < 4.78 is 5.20. The molecule has 0 aromatic heterocycles. The minimum Gasteiger partial charge on any atom is -0.394 e. The molecule has 15 heavy (non-hydrogen) atoms. The number of benzene rings is 1. The topological polar surface area (TPSA) is 66.8 Å². The van der Waals surface area contributed by atoms with E-state index in [0.717, 1.165) is 5.56 Å². The van der Waals surface area contributed by atoms with Gasteiger partial charge in [0.2, 0.25) is 0 Å². The Morgan fingerprint density at radius 1 is 1.33 bits per heavy atom. The molecule has 4 nitrogen and oxygen atoms in total. The van der Waals surface area contributed by atoms with E-state index in [1.54, 1.807) is 0 Å². The van der Waals surface area contributed by atoms with E-state index < -0.39 is 12.2 Å². The zero-order valence-electron chi connectivity index (χ0n) is 8.24. The normalized spacial score (nSPS) is 14.5. The predicted molar refractivity (Wildman–Crippen MR) is 54.2 cm³/mol. The molecule has 2 atom stereocenters. The maximum atomic E-state index is 10.3. The lowest BCUT2D eigenvalue weighted by atomic mass is 10.2. The van der Waals surface area contributed by atoms with Crippen molar-refractivity contribution >= 4 is 6.29 Å². The van der Waals surface area contributed by atoms with Crippen molar-refractivity contribution in [2.75, 3.05) is 6.61 Å². The SMILES string of the molecule is O=C[C@H](O)[C@@H](CO)OCc1ccccc1. The van der Waals surface area contributed by atoms with Gasteiger partial charge in [0.25, 0.3) is 0 Å². The van der Waals surface area contributed by atoms with Crippen LogP contribution in [0.4, 0.5) is 0 Å². The Morgan fingerprint density at radius 2 is 2.00 bits per heavy atom. The second-order valence-corrected chi connectivity index (χ2v) is 3.14. The number of aliphatic hydroxyl groups excluding tert-OH is 2. The Morgan fingerprint density at radius 3 is 2.53 bits per heavy atom. The van der Waals surface area contributed by atoms with Crippen molar-refractivity contribution in [3.8, 4) is 0 Å². The third-order valence-electron chi connectivity index (χ3n) is 2.01. The molecule has 0 aliphatic heterocycles. The number of aldehydes is 1. The summed E-state index contributed by atoms with van der Waals surface area (Å²) in [4.78, 5) is 10.3. The third-order valence-corrected chi connectivity index (χ3v) is 2.01. The monoisotopic (exact) mass is 210 g/mol. The standard InChI is InChI=1S/C11H14O4/c12-6-10(14)11(7-13)15-8-9-4-2-1-3-5-9/h1-6,10-11,13-14H,7-8H2/t10-,11+/m0/s1. The van der Waals surface area contributed by atoms with E-state index >= 15 is 0 Å². The molecule has 82 valence electrons. The van der Waals surface area contributed by atoms with Crippen LogP contribution < -0.4 is 0 Å². The molecule has 2 N–H and O–H groups in total. The van der Waals surface area contributed by atoms with Crippen LogP contribution in [0.25, 0.3) is 0 Å². The zero-order valence-corrected chi connectivity index (χ0v) is 8.24. The van der Waals surface area contributed by atoms with Crippen LogP contribution >= 0.6 is 0 Å². The molecule has 1 aromatic carbocycles. The fraction of sp³-hybridized carbons (Fsp3) is 0.364. The van der Waals surface area contributed by atoms with E-state index in [4.69, 9.17) is 14.9 Å². The fourth-order valence-electron chi connectivity index (χ4n) is 1.12. The van der Waals surface area contributed by atoms with E-state index in [0.29, 0.717) is 6.29 Å². The molecule has 4 heteroatoms. The molecule has 0 aliphatic rings. The number of ether oxygens (including phenoxy) is 1. The molecule has 1 aromatic rings. The zero-order chi connectivity index (χ0) is 11.1. The van der Waals surface area contributed by atoms with Crippen molar-refractivity contribution in [1.82, 2.24) is 0 Å². The molecule has 0 bridgehead atoms. The maximum Gasteiger partial charge on any atom is 0.151 e. The molecule has 1 rings (SSSR count). The smallest absolute Gasteiger partial charge is 0.151 e. The molecular formula is C11H14O4. The van der Waals surface area contributed by atoms with E-state index in [-0.39, 0.29) is 13.2 Å². The van der Waals surface area contributed by atoms with Crippen molar-refractivity contribution < 1.29 is 19.7 Å². The molecule has 0 saturated heterocycles. The quantitative estimate of drug-likeness (QED) is 0.655. The first-order chi connectivity index (χ1) is 7.27. The number of hydrogen-bond acceptors (Lipinski definition) is 4. The average molecular weight is 210 g/mol. The summed E-state index contributed by atoms with van der Waals surface area (Å²) >= 11 is 0. The van der Waals surface area contributed by atoms with Crippen molar-refractivity contribution in [2.24, 2.45) is 0 Å². The number of aliphatic hydroxyl groups is 2. The van der Waals surface area contributed by atoms with E-state index in [9.17, 15) is 4.79 Å². The minimum atomic E-state index is -1.28. The van der Waals surface area contributed by atoms with Crippen LogP contribution in [0.2, 0.25) is 0 Å². The molecule has 0 saturated carbocycles. The highest BCUT2D eigenvalue weighted by Gasteiger charge is 2.17. The molecule has 0 heterocycles. The maximum absolute atomic E-state index is 10.3. The van der Waals surface area contributed by atoms with E-state index in [1.165, 1.54) is 0 Å². The first kappa shape index (κ1) is 11.8. The van der Waals surface area contributed by atoms with Crippen molar-refractivity contribution in [3.05, 3.63) is 35.9 Å². The van der Waals surface area contributed by atoms with Crippen LogP contribution in [-0.2, 0) is 16.1 Å². The van der Waals surface area contributed by atoms with Crippen molar-refractivity contribution in [1.29, 1.82) is 0 Å². The Bertz CT molecular complexity index is 286. The van der Waals surface area contributed by atoms with Gasteiger partial charge in [0, 0.05) is 0 Å². The summed E-state index contributed by atoms with van der Waals surface area (Å²) in [5.74, 6) is 0. The van der Waals surface area contributed by atoms with Gasteiger partial charge in [-0.2, -0.15) is 0 Å². The molecule has 0 spiro atoms. The molecule has 0 radical (unpaired) electrons. The summed E-state index contributed by atoms with van der Waals surface area (Å²) in [6.07, 6.45) is -1.78. The summed E-state index contributed by atoms with van der Waals surface area (Å²) in [5.41, 5.74) is 0.925. The highest BCUT2D eigenvalue weighted by Crippen LogP contribution is 2.05. The van der Waals surface area contributed by atoms with Crippen LogP contribution in [0.3, 0.4) is 0 Å². The first-order valence-corrected chi connectivity index (χ1v) is 4.67. The van der Waals surface area contributed by atoms with Crippen LogP contribution in [0.5, 0.6) is 0 Å². The number of rotatable bonds is 6. The third kappa shape index (κ3) is 3.79. The highest BCUT2D eigenvalue weighted by atomic mass is 16.5. The summed E-state index contributed by atoms with van der Waals surface area (Å²) in [7, 11) is 0. The number of carbonyl (C=O) groups is 1. The van der Waals surface area contributed by atoms with Gasteiger partial charge in [0.15, 0.2) is 6.29 Å². The van der Waals surface area contributed by atoms with E-state index in [2.05, 4.69) is 0 Å². The number of carbonyl (C=O) groups excluding carboxylic acids is 1. The van der Waals surface area contributed by atoms with Crippen molar-refractivity contribution in [2.45, 2.75) is 18.8 Å². The van der Waals surface area contributed by atoms with Gasteiger partial charge in [-0.1, -0.05) is 30.3 Å². The molecule has 0 aliphatic carbocycles. The van der Waals surface area contributed by atoms with Gasteiger partial charge in [0.05, 0.1) is 13.2 Å². The Labute approximate surface area is 88.1 Å². The highest BCUT2D eigenvalue weighted by molar-refractivity contribution is 5.56. The average Bonchev–Trinajstić information content (AvgIpc) is 2.31. The lowest BCUT2D eigenvalue weighted by Gasteiger charge is -2.17. The Hall–Kier alpha value is -1.23. The predicted octanol–water partition coefficient (Wildman–Crippen LogP) is 0.124. The summed E-state index contributed by atoms with van der Waals surface area (Å²) in [5, 5.41) is 18.0. The largest absolute Gasteiger partial charge is 0.394 e. The van der Waals surface area contributed by atoms with Gasteiger partial charge in [0.1, 0.15) is 12.2 Å². The minimum absolute atomic E-state index is 0.261. The number of hydrogen-bond donors (Lipinski definition) is 2. The van der Waals surface area contributed by atoms with Gasteiger partial charge < -0.3 is 19.7 Å². The van der Waals surface area contributed by atoms with Gasteiger partial charge in [-0.3, -0.25) is 0 Å².